The number of ketones is 2. The molecule has 498 valence electrons. The molecule has 4 aliphatic heterocycles. The number of fused-ring (bicyclic) bond motifs is 5. The summed E-state index contributed by atoms with van der Waals surface area (Å²) in [7, 11) is 0.0314. The van der Waals surface area contributed by atoms with Gasteiger partial charge in [0.05, 0.1) is 40.6 Å². The van der Waals surface area contributed by atoms with Gasteiger partial charge in [-0.3, -0.25) is 38.4 Å². The molecule has 2 aromatic carbocycles. The number of carbonyl (C=O) groups excluding carboxylic acids is 11. The highest BCUT2D eigenvalue weighted by Crippen LogP contribution is 2.50. The number of nitrogens with two attached hydrogens (primary N) is 1. The second-order valence-electron chi connectivity index (χ2n) is 24.8. The quantitative estimate of drug-likeness (QED) is 0.0452. The van der Waals surface area contributed by atoms with E-state index >= 15 is 0 Å². The van der Waals surface area contributed by atoms with Crippen LogP contribution in [0.15, 0.2) is 59.0 Å². The zero-order valence-electron chi connectivity index (χ0n) is 53.4. The first-order valence-electron chi connectivity index (χ1n) is 30.4. The molecule has 3 saturated heterocycles. The summed E-state index contributed by atoms with van der Waals surface area (Å²) < 4.78 is 51.2. The Hall–Kier alpha value is -7.39. The number of Topliss-reactive ketones (excluding diaryl/α,β-unsaturated/α-hetero) is 2. The second kappa shape index (κ2) is 30.8. The molecular weight excluding hydrogens is 1220 g/mol. The number of unbranched alkanes of at least 4 members (excludes halogenated alkanes) is 1. The van der Waals surface area contributed by atoms with Crippen LogP contribution in [-0.2, 0) is 89.6 Å². The fourth-order valence-corrected chi connectivity index (χ4v) is 12.8. The average Bonchev–Trinajstić information content (AvgIpc) is 1.58. The number of urea groups is 1. The van der Waals surface area contributed by atoms with Crippen LogP contribution in [0, 0.1) is 24.7 Å². The van der Waals surface area contributed by atoms with Gasteiger partial charge in [0.1, 0.15) is 41.3 Å². The Kier molecular flexibility index (Phi) is 24.6. The van der Waals surface area contributed by atoms with Crippen LogP contribution >= 0.6 is 11.6 Å². The third-order valence-corrected chi connectivity index (χ3v) is 19.0. The number of likely N-dealkylation sites (N-methyl/N-ethyl adjacent to an activating group) is 1. The molecule has 0 saturated carbocycles. The predicted molar refractivity (Wildman–Crippen MR) is 330 cm³/mol. The van der Waals surface area contributed by atoms with Gasteiger partial charge in [-0.1, -0.05) is 68.3 Å². The maximum absolute atomic E-state index is 14.5. The van der Waals surface area contributed by atoms with E-state index in [1.165, 1.54) is 45.2 Å². The fraction of sp³-hybridized carbons (Fsp3) is 0.578. The van der Waals surface area contributed by atoms with E-state index in [1.807, 2.05) is 26.0 Å². The molecule has 27 heteroatoms. The number of nitrogens with one attached hydrogen (secondary N) is 2. The molecule has 4 heterocycles. The van der Waals surface area contributed by atoms with Crippen LogP contribution in [0.5, 0.6) is 0 Å². The molecule has 0 spiro atoms. The standard InChI is InChI=1S/C64H85ClN6O19S/c1-35(2)44(31-43(72)17-12-13-20-55(77)90-71-52(74)23-24-53(71)75)59(79)68-45(18-15-25-67-62(66)82)47(73)29-41-21-22-42(30-49(41)91(11,84)85)60(80)69(8)39(6)61(81)88-51-32-54(76)70(9)46-28-40(27-37(4)57(46)65)26-36(3)16-14-19-50(86-10)64(83)33-48(87-56(78)34-64)38(5)58-63(51,7)89-58/h14,16,19,21-22,27-28,30,35,38-39,44-45,48,50-51,58,83H,12-13,15,17-18,20,23-26,29,31-34H2,1-11H3,(H,68,79)(H3,66,67,82)/b19-14+,36-16+/t38-,39+,44+,45+,48+,50-,51+,58+,63+,64-/m1/s1. The van der Waals surface area contributed by atoms with E-state index in [2.05, 4.69) is 10.6 Å². The fourth-order valence-electron chi connectivity index (χ4n) is 11.6. The van der Waals surface area contributed by atoms with Crippen molar-refractivity contribution in [2.75, 3.05) is 38.9 Å². The van der Waals surface area contributed by atoms with Crippen molar-refractivity contribution in [2.24, 2.45) is 23.5 Å². The van der Waals surface area contributed by atoms with Gasteiger partial charge in [0.15, 0.2) is 15.6 Å². The molecule has 25 nitrogen and oxygen atoms in total. The largest absolute Gasteiger partial charge is 0.462 e. The molecule has 5 N–H and O–H groups in total. The lowest BCUT2D eigenvalue weighted by molar-refractivity contribution is -0.197. The monoisotopic (exact) mass is 1310 g/mol. The number of amides is 7. The van der Waals surface area contributed by atoms with Crippen molar-refractivity contribution in [1.29, 1.82) is 0 Å². The van der Waals surface area contributed by atoms with E-state index in [0.29, 0.717) is 27.8 Å². The normalized spacial score (nSPS) is 24.8. The van der Waals surface area contributed by atoms with E-state index < -0.39 is 152 Å². The van der Waals surface area contributed by atoms with Crippen molar-refractivity contribution >= 4 is 92.2 Å². The van der Waals surface area contributed by atoms with Gasteiger partial charge in [-0.05, 0) is 101 Å². The zero-order chi connectivity index (χ0) is 67.6. The summed E-state index contributed by atoms with van der Waals surface area (Å²) in [6.45, 7) is 11.9. The van der Waals surface area contributed by atoms with Crippen molar-refractivity contribution in [1.82, 2.24) is 20.6 Å². The summed E-state index contributed by atoms with van der Waals surface area (Å²) in [5.74, 6) is -8.70. The lowest BCUT2D eigenvalue weighted by Crippen LogP contribution is -2.53. The first-order valence-corrected chi connectivity index (χ1v) is 32.6. The van der Waals surface area contributed by atoms with Crippen molar-refractivity contribution in [3.63, 3.8) is 0 Å². The van der Waals surface area contributed by atoms with Crippen molar-refractivity contribution in [2.45, 2.75) is 191 Å². The molecule has 2 aromatic rings. The van der Waals surface area contributed by atoms with Gasteiger partial charge in [0.25, 0.3) is 17.7 Å². The zero-order valence-corrected chi connectivity index (χ0v) is 55.0. The van der Waals surface area contributed by atoms with Crippen molar-refractivity contribution < 1.29 is 90.0 Å². The number of aryl methyl sites for hydroxylation is 1. The first kappa shape index (κ1) is 72.7. The highest BCUT2D eigenvalue weighted by Gasteiger charge is 2.64. The van der Waals surface area contributed by atoms with Gasteiger partial charge in [-0.2, -0.15) is 0 Å². The number of anilines is 1. The molecule has 0 aliphatic carbocycles. The number of nitrogens with zero attached hydrogens (tertiary/aromatic N) is 3. The predicted octanol–water partition coefficient (Wildman–Crippen LogP) is 5.23. The van der Waals surface area contributed by atoms with E-state index in [1.54, 1.807) is 45.9 Å². The number of aliphatic hydroxyl groups is 1. The molecule has 0 radical (unpaired) electrons. The molecule has 7 amide bonds. The number of benzene rings is 2. The Morgan fingerprint density at radius 1 is 0.967 bits per heavy atom. The maximum Gasteiger partial charge on any atom is 0.333 e. The molecule has 6 rings (SSSR count). The number of halogens is 1. The summed E-state index contributed by atoms with van der Waals surface area (Å²) in [5, 5.41) is 17.9. The van der Waals surface area contributed by atoms with E-state index in [-0.39, 0.29) is 94.1 Å². The number of ether oxygens (including phenoxy) is 4. The number of esters is 2. The number of allylic oxidation sites excluding steroid dienone is 3. The van der Waals surface area contributed by atoms with Crippen LogP contribution in [0.2, 0.25) is 5.02 Å². The first-order chi connectivity index (χ1) is 42.6. The third kappa shape index (κ3) is 18.7. The minimum atomic E-state index is -4.22. The van der Waals surface area contributed by atoms with E-state index in [4.69, 9.17) is 41.1 Å². The van der Waals surface area contributed by atoms with Gasteiger partial charge >= 0.3 is 23.9 Å². The summed E-state index contributed by atoms with van der Waals surface area (Å²) in [5.41, 5.74) is 4.74. The Balaban J connectivity index is 1.19. The lowest BCUT2D eigenvalue weighted by Gasteiger charge is -2.41. The number of primary amides is 1. The summed E-state index contributed by atoms with van der Waals surface area (Å²) in [6.07, 6.45) is 1.10. The topological polar surface area (TPSA) is 351 Å². The molecular formula is C64H85ClN6O19S. The summed E-state index contributed by atoms with van der Waals surface area (Å²) in [4.78, 5) is 152. The molecule has 91 heavy (non-hydrogen) atoms. The van der Waals surface area contributed by atoms with Crippen molar-refractivity contribution in [3.8, 4) is 0 Å². The minimum Gasteiger partial charge on any atom is -0.462 e. The van der Waals surface area contributed by atoms with Crippen LogP contribution in [0.1, 0.15) is 146 Å². The average molecular weight is 1310 g/mol. The number of imide groups is 1. The van der Waals surface area contributed by atoms with E-state index in [0.717, 1.165) is 28.4 Å². The number of hydroxylamine groups is 2. The van der Waals surface area contributed by atoms with Crippen LogP contribution in [0.3, 0.4) is 0 Å². The Morgan fingerprint density at radius 3 is 2.27 bits per heavy atom. The van der Waals surface area contributed by atoms with Crippen LogP contribution in [0.25, 0.3) is 0 Å². The number of carbonyl (C=O) groups is 11. The number of hydrogen-bond donors (Lipinski definition) is 4. The summed E-state index contributed by atoms with van der Waals surface area (Å²) in [6, 6.07) is 3.79. The molecule has 10 atom stereocenters. The summed E-state index contributed by atoms with van der Waals surface area (Å²) >= 11 is 6.86. The lowest BCUT2D eigenvalue weighted by atomic mass is 9.78. The van der Waals surface area contributed by atoms with Gasteiger partial charge in [0.2, 0.25) is 11.8 Å². The Morgan fingerprint density at radius 2 is 1.64 bits per heavy atom. The smallest absolute Gasteiger partial charge is 0.333 e. The highest BCUT2D eigenvalue weighted by atomic mass is 35.5. The second-order valence-corrected chi connectivity index (χ2v) is 27.2. The number of sulfone groups is 1. The van der Waals surface area contributed by atoms with Crippen LogP contribution in [-0.4, -0.2) is 170 Å². The number of rotatable bonds is 24. The third-order valence-electron chi connectivity index (χ3n) is 17.3. The van der Waals surface area contributed by atoms with Gasteiger partial charge < -0.3 is 55.1 Å². The SMILES string of the molecule is CO[C@@H]1/C=C/C=C(\C)Cc2cc(C)c(Cl)c(c2)N(C)C(=O)C[C@H](OC(=O)[C@H](C)N(C)C(=O)c2ccc(CC(=O)[C@H](CCCNC(N)=O)NC(=O)[C@@H](CC(=O)CCCCC(=O)ON3C(=O)CCC3=O)C(C)C)c(S(C)(=O)=O)c2)[C@]2(C)O[C@H]2[C@H](C)[C@@H]2C[C@@]1(O)CC(=O)O2. The van der Waals surface area contributed by atoms with Crippen molar-refractivity contribution in [3.05, 3.63) is 81.4 Å². The van der Waals surface area contributed by atoms with Gasteiger partial charge in [0, 0.05) is 96.4 Å². The molecule has 4 bridgehead atoms. The molecule has 3 fully saturated rings. The molecule has 0 aromatic heterocycles. The maximum atomic E-state index is 14.5. The number of epoxide rings is 1. The Labute approximate surface area is 535 Å². The molecule has 4 aliphatic rings. The van der Waals surface area contributed by atoms with Crippen LogP contribution in [0.4, 0.5) is 10.5 Å². The van der Waals surface area contributed by atoms with E-state index in [9.17, 15) is 66.3 Å². The van der Waals surface area contributed by atoms with Crippen LogP contribution < -0.4 is 21.3 Å². The molecule has 0 unspecified atom stereocenters. The number of methoxy groups -OCH3 is 1. The minimum absolute atomic E-state index is 0.00844. The highest BCUT2D eigenvalue weighted by molar-refractivity contribution is 7.90. The van der Waals surface area contributed by atoms with Gasteiger partial charge in [-0.15, -0.1) is 5.06 Å². The van der Waals surface area contributed by atoms with Gasteiger partial charge in [-0.25, -0.2) is 22.8 Å². The Bertz CT molecular complexity index is 3340. The number of hydrogen-bond acceptors (Lipinski definition) is 19.